The van der Waals surface area contributed by atoms with Crippen LogP contribution in [0.25, 0.3) is 0 Å². The minimum atomic E-state index is -0.370. The molecule has 3 N–H and O–H groups in total. The summed E-state index contributed by atoms with van der Waals surface area (Å²) in [7, 11) is 0. The van der Waals surface area contributed by atoms with Crippen molar-refractivity contribution in [2.24, 2.45) is 5.41 Å². The predicted molar refractivity (Wildman–Crippen MR) is 93.2 cm³/mol. The number of hydrogen-bond donors (Lipinski definition) is 3. The number of amides is 2. The standard InChI is InChI=1S/C18H23N3O3/c1-18(2,3)16(12-22)21-17(23)20-13-5-4-6-15(11-13)24-14-7-9-19-10-8-14/h4-11,16,22H,12H2,1-3H3,(H2,20,21,23)/t16-/m1/s1. The maximum atomic E-state index is 12.1. The van der Waals surface area contributed by atoms with Crippen LogP contribution in [0.4, 0.5) is 10.5 Å². The van der Waals surface area contributed by atoms with E-state index < -0.39 is 0 Å². The Balaban J connectivity index is 2.00. The van der Waals surface area contributed by atoms with Gasteiger partial charge in [0.1, 0.15) is 11.5 Å². The van der Waals surface area contributed by atoms with Crippen LogP contribution in [0, 0.1) is 5.41 Å². The summed E-state index contributed by atoms with van der Waals surface area (Å²) in [5.41, 5.74) is 0.364. The first kappa shape index (κ1) is 17.7. The first-order valence-electron chi connectivity index (χ1n) is 7.75. The van der Waals surface area contributed by atoms with Crippen LogP contribution in [-0.2, 0) is 0 Å². The quantitative estimate of drug-likeness (QED) is 0.785. The number of rotatable bonds is 5. The molecule has 0 saturated heterocycles. The Bertz CT molecular complexity index is 669. The van der Waals surface area contributed by atoms with Gasteiger partial charge in [0.2, 0.25) is 0 Å². The van der Waals surface area contributed by atoms with E-state index in [-0.39, 0.29) is 24.1 Å². The number of benzene rings is 1. The van der Waals surface area contributed by atoms with Crippen molar-refractivity contribution in [3.63, 3.8) is 0 Å². The molecule has 0 unspecified atom stereocenters. The summed E-state index contributed by atoms with van der Waals surface area (Å²) in [5, 5.41) is 14.9. The number of aromatic nitrogens is 1. The molecule has 24 heavy (non-hydrogen) atoms. The molecule has 1 heterocycles. The van der Waals surface area contributed by atoms with Crippen molar-refractivity contribution >= 4 is 11.7 Å². The Labute approximate surface area is 141 Å². The molecule has 2 rings (SSSR count). The molecule has 2 aromatic rings. The molecule has 1 aromatic carbocycles. The van der Waals surface area contributed by atoms with Gasteiger partial charge in [-0.05, 0) is 29.7 Å². The molecule has 0 saturated carbocycles. The third-order valence-electron chi connectivity index (χ3n) is 3.51. The average molecular weight is 329 g/mol. The maximum Gasteiger partial charge on any atom is 0.319 e. The molecule has 6 nitrogen and oxygen atoms in total. The maximum absolute atomic E-state index is 12.1. The third kappa shape index (κ3) is 5.24. The van der Waals surface area contributed by atoms with E-state index in [1.807, 2.05) is 20.8 Å². The lowest BCUT2D eigenvalue weighted by Crippen LogP contribution is -2.47. The van der Waals surface area contributed by atoms with Gasteiger partial charge in [0.25, 0.3) is 0 Å². The number of ether oxygens (including phenoxy) is 1. The summed E-state index contributed by atoms with van der Waals surface area (Å²) in [5.74, 6) is 1.27. The highest BCUT2D eigenvalue weighted by atomic mass is 16.5. The third-order valence-corrected chi connectivity index (χ3v) is 3.51. The molecule has 0 aliphatic rings. The van der Waals surface area contributed by atoms with Crippen molar-refractivity contribution in [2.75, 3.05) is 11.9 Å². The smallest absolute Gasteiger partial charge is 0.319 e. The fraction of sp³-hybridized carbons (Fsp3) is 0.333. The van der Waals surface area contributed by atoms with E-state index in [0.29, 0.717) is 17.2 Å². The van der Waals surface area contributed by atoms with E-state index in [2.05, 4.69) is 15.6 Å². The topological polar surface area (TPSA) is 83.5 Å². The van der Waals surface area contributed by atoms with Crippen molar-refractivity contribution in [3.8, 4) is 11.5 Å². The highest BCUT2D eigenvalue weighted by molar-refractivity contribution is 5.89. The van der Waals surface area contributed by atoms with Gasteiger partial charge in [0.05, 0.1) is 12.6 Å². The van der Waals surface area contributed by atoms with Crippen LogP contribution in [0.15, 0.2) is 48.8 Å². The number of aliphatic hydroxyl groups excluding tert-OH is 1. The lowest BCUT2D eigenvalue weighted by Gasteiger charge is -2.29. The second kappa shape index (κ2) is 7.79. The van der Waals surface area contributed by atoms with Gasteiger partial charge >= 0.3 is 6.03 Å². The zero-order valence-electron chi connectivity index (χ0n) is 14.1. The highest BCUT2D eigenvalue weighted by Gasteiger charge is 2.25. The first-order chi connectivity index (χ1) is 11.4. The highest BCUT2D eigenvalue weighted by Crippen LogP contribution is 2.24. The number of carbonyl (C=O) groups excluding carboxylic acids is 1. The molecule has 0 spiro atoms. The van der Waals surface area contributed by atoms with Crippen LogP contribution in [-0.4, -0.2) is 28.8 Å². The molecule has 6 heteroatoms. The second-order valence-corrected chi connectivity index (χ2v) is 6.51. The summed E-state index contributed by atoms with van der Waals surface area (Å²) >= 11 is 0. The molecule has 0 aliphatic carbocycles. The van der Waals surface area contributed by atoms with Gasteiger partial charge in [-0.1, -0.05) is 26.8 Å². The molecule has 0 radical (unpaired) electrons. The molecular formula is C18H23N3O3. The summed E-state index contributed by atoms with van der Waals surface area (Å²) in [6.07, 6.45) is 3.29. The van der Waals surface area contributed by atoms with E-state index in [0.717, 1.165) is 0 Å². The van der Waals surface area contributed by atoms with Gasteiger partial charge in [0.15, 0.2) is 0 Å². The van der Waals surface area contributed by atoms with E-state index in [9.17, 15) is 9.90 Å². The van der Waals surface area contributed by atoms with Gasteiger partial charge < -0.3 is 20.5 Å². The zero-order chi connectivity index (χ0) is 17.6. The minimum Gasteiger partial charge on any atom is -0.457 e. The molecule has 128 valence electrons. The second-order valence-electron chi connectivity index (χ2n) is 6.51. The number of aliphatic hydroxyl groups is 1. The monoisotopic (exact) mass is 329 g/mol. The lowest BCUT2D eigenvalue weighted by molar-refractivity contribution is 0.162. The Hall–Kier alpha value is -2.60. The summed E-state index contributed by atoms with van der Waals surface area (Å²) < 4.78 is 5.71. The molecule has 1 aromatic heterocycles. The van der Waals surface area contributed by atoms with Gasteiger partial charge in [-0.15, -0.1) is 0 Å². The van der Waals surface area contributed by atoms with Crippen molar-refractivity contribution in [3.05, 3.63) is 48.8 Å². The van der Waals surface area contributed by atoms with Crippen molar-refractivity contribution < 1.29 is 14.6 Å². The molecule has 0 bridgehead atoms. The van der Waals surface area contributed by atoms with E-state index >= 15 is 0 Å². The van der Waals surface area contributed by atoms with Gasteiger partial charge in [-0.25, -0.2) is 4.79 Å². The Morgan fingerprint density at radius 1 is 1.21 bits per heavy atom. The van der Waals surface area contributed by atoms with Gasteiger partial charge in [0, 0.05) is 24.1 Å². The van der Waals surface area contributed by atoms with Crippen molar-refractivity contribution in [2.45, 2.75) is 26.8 Å². The summed E-state index contributed by atoms with van der Waals surface area (Å²) in [6, 6.07) is 9.88. The SMILES string of the molecule is CC(C)(C)[C@@H](CO)NC(=O)Nc1cccc(Oc2ccncc2)c1. The fourth-order valence-electron chi connectivity index (χ4n) is 2.04. The lowest BCUT2D eigenvalue weighted by atomic mass is 9.87. The number of hydrogen-bond acceptors (Lipinski definition) is 4. The van der Waals surface area contributed by atoms with Gasteiger partial charge in [-0.3, -0.25) is 4.98 Å². The molecule has 2 amide bonds. The van der Waals surface area contributed by atoms with E-state index in [1.165, 1.54) is 0 Å². The largest absolute Gasteiger partial charge is 0.457 e. The predicted octanol–water partition coefficient (Wildman–Crippen LogP) is 3.40. The first-order valence-corrected chi connectivity index (χ1v) is 7.75. The Morgan fingerprint density at radius 2 is 1.92 bits per heavy atom. The molecule has 0 aliphatic heterocycles. The zero-order valence-corrected chi connectivity index (χ0v) is 14.1. The van der Waals surface area contributed by atoms with E-state index in [1.54, 1.807) is 48.8 Å². The fourth-order valence-corrected chi connectivity index (χ4v) is 2.04. The Morgan fingerprint density at radius 3 is 2.54 bits per heavy atom. The summed E-state index contributed by atoms with van der Waals surface area (Å²) in [4.78, 5) is 16.0. The van der Waals surface area contributed by atoms with Crippen molar-refractivity contribution in [1.29, 1.82) is 0 Å². The minimum absolute atomic E-state index is 0.123. The normalized spacial score (nSPS) is 12.3. The average Bonchev–Trinajstić information content (AvgIpc) is 2.53. The Kier molecular flexibility index (Phi) is 5.76. The number of anilines is 1. The van der Waals surface area contributed by atoms with Crippen LogP contribution >= 0.6 is 0 Å². The van der Waals surface area contributed by atoms with Gasteiger partial charge in [-0.2, -0.15) is 0 Å². The van der Waals surface area contributed by atoms with Crippen LogP contribution in [0.5, 0.6) is 11.5 Å². The number of nitrogens with zero attached hydrogens (tertiary/aromatic N) is 1. The number of nitrogens with one attached hydrogen (secondary N) is 2. The van der Waals surface area contributed by atoms with Crippen LogP contribution < -0.4 is 15.4 Å². The van der Waals surface area contributed by atoms with Crippen LogP contribution in [0.1, 0.15) is 20.8 Å². The number of carbonyl (C=O) groups is 1. The van der Waals surface area contributed by atoms with Crippen LogP contribution in [0.3, 0.4) is 0 Å². The number of pyridine rings is 1. The molecule has 0 fully saturated rings. The van der Waals surface area contributed by atoms with Crippen LogP contribution in [0.2, 0.25) is 0 Å². The van der Waals surface area contributed by atoms with E-state index in [4.69, 9.17) is 4.74 Å². The molecular weight excluding hydrogens is 306 g/mol. The molecule has 1 atom stereocenters. The van der Waals surface area contributed by atoms with Crippen molar-refractivity contribution in [1.82, 2.24) is 10.3 Å². The number of urea groups is 1. The summed E-state index contributed by atoms with van der Waals surface area (Å²) in [6.45, 7) is 5.74.